The highest BCUT2D eigenvalue weighted by atomic mass is 32.2. The van der Waals surface area contributed by atoms with Crippen LogP contribution in [0.4, 0.5) is 5.82 Å². The first-order valence-corrected chi connectivity index (χ1v) is 7.93. The molecule has 0 aliphatic rings. The summed E-state index contributed by atoms with van der Waals surface area (Å²) in [5, 5.41) is 14.8. The van der Waals surface area contributed by atoms with Crippen molar-refractivity contribution < 1.29 is 9.32 Å². The molecule has 2 rings (SSSR count). The lowest BCUT2D eigenvalue weighted by Gasteiger charge is -2.15. The number of rotatable bonds is 5. The number of hydrogen-bond donors (Lipinski definition) is 2. The summed E-state index contributed by atoms with van der Waals surface area (Å²) < 4.78 is 11.1. The highest BCUT2D eigenvalue weighted by molar-refractivity contribution is 7.84. The average Bonchev–Trinajstić information content (AvgIpc) is 2.37. The van der Waals surface area contributed by atoms with Gasteiger partial charge in [-0.25, -0.2) is 4.98 Å². The van der Waals surface area contributed by atoms with Gasteiger partial charge in [0, 0.05) is 40.4 Å². The maximum atomic E-state index is 11.1. The van der Waals surface area contributed by atoms with Crippen molar-refractivity contribution in [3.8, 4) is 5.75 Å². The summed E-state index contributed by atoms with van der Waals surface area (Å²) in [4.78, 5) is 4.32. The molecular weight excluding hydrogens is 260 g/mol. The van der Waals surface area contributed by atoms with Crippen molar-refractivity contribution >= 4 is 27.4 Å². The Morgan fingerprint density at radius 1 is 1.42 bits per heavy atom. The van der Waals surface area contributed by atoms with E-state index in [-0.39, 0.29) is 11.8 Å². The SMILES string of the molecule is CC(CCS(C)=O)Nc1nccc2ccc(O)cc12. The zero-order valence-corrected chi connectivity index (χ0v) is 11.9. The van der Waals surface area contributed by atoms with E-state index >= 15 is 0 Å². The number of phenols is 1. The molecule has 0 amide bonds. The quantitative estimate of drug-likeness (QED) is 0.882. The first-order chi connectivity index (χ1) is 9.06. The van der Waals surface area contributed by atoms with Crippen LogP contribution in [0.2, 0.25) is 0 Å². The number of aromatic hydroxyl groups is 1. The van der Waals surface area contributed by atoms with E-state index in [0.29, 0.717) is 5.75 Å². The zero-order valence-electron chi connectivity index (χ0n) is 11.1. The van der Waals surface area contributed by atoms with E-state index in [0.717, 1.165) is 23.0 Å². The van der Waals surface area contributed by atoms with E-state index in [1.54, 1.807) is 24.6 Å². The molecule has 1 heterocycles. The fourth-order valence-electron chi connectivity index (χ4n) is 1.92. The van der Waals surface area contributed by atoms with Gasteiger partial charge in [-0.3, -0.25) is 4.21 Å². The molecule has 102 valence electrons. The first kappa shape index (κ1) is 13.8. The van der Waals surface area contributed by atoms with Crippen molar-refractivity contribution in [3.05, 3.63) is 30.5 Å². The topological polar surface area (TPSA) is 62.2 Å². The summed E-state index contributed by atoms with van der Waals surface area (Å²) in [6, 6.07) is 7.32. The van der Waals surface area contributed by atoms with Crippen LogP contribution in [-0.4, -0.2) is 32.3 Å². The Balaban J connectivity index is 2.20. The predicted molar refractivity (Wildman–Crippen MR) is 80.0 cm³/mol. The molecule has 0 aliphatic heterocycles. The molecule has 2 N–H and O–H groups in total. The fraction of sp³-hybridized carbons (Fsp3) is 0.357. The Kier molecular flexibility index (Phi) is 4.37. The molecule has 0 fully saturated rings. The molecule has 0 spiro atoms. The Bertz CT molecular complexity index is 601. The summed E-state index contributed by atoms with van der Waals surface area (Å²) in [6.45, 7) is 2.04. The summed E-state index contributed by atoms with van der Waals surface area (Å²) in [6.07, 6.45) is 4.27. The van der Waals surface area contributed by atoms with Crippen molar-refractivity contribution in [2.24, 2.45) is 0 Å². The third-order valence-corrected chi connectivity index (χ3v) is 3.78. The van der Waals surface area contributed by atoms with Crippen LogP contribution in [-0.2, 0) is 10.8 Å². The molecule has 1 aromatic carbocycles. The van der Waals surface area contributed by atoms with Gasteiger partial charge in [0.05, 0.1) is 0 Å². The first-order valence-electron chi connectivity index (χ1n) is 6.20. The minimum atomic E-state index is -0.775. The summed E-state index contributed by atoms with van der Waals surface area (Å²) in [5.74, 6) is 1.65. The van der Waals surface area contributed by atoms with Crippen molar-refractivity contribution in [3.63, 3.8) is 0 Å². The second-order valence-electron chi connectivity index (χ2n) is 4.68. The number of hydrogen-bond acceptors (Lipinski definition) is 4. The lowest BCUT2D eigenvalue weighted by Crippen LogP contribution is -2.18. The van der Waals surface area contributed by atoms with Crippen LogP contribution in [0, 0.1) is 0 Å². The number of pyridine rings is 1. The summed E-state index contributed by atoms with van der Waals surface area (Å²) in [5.41, 5.74) is 0. The standard InChI is InChI=1S/C14H18N2O2S/c1-10(6-8-19(2)18)16-14-13-9-12(17)4-3-11(13)5-7-15-14/h3-5,7,9-10,17H,6,8H2,1-2H3,(H,15,16). The third kappa shape index (κ3) is 3.67. The summed E-state index contributed by atoms with van der Waals surface area (Å²) >= 11 is 0. The van der Waals surface area contributed by atoms with Gasteiger partial charge in [-0.15, -0.1) is 0 Å². The van der Waals surface area contributed by atoms with Crippen molar-refractivity contribution in [1.29, 1.82) is 0 Å². The molecule has 0 radical (unpaired) electrons. The molecule has 0 saturated carbocycles. The van der Waals surface area contributed by atoms with Gasteiger partial charge in [0.25, 0.3) is 0 Å². The van der Waals surface area contributed by atoms with E-state index in [9.17, 15) is 9.32 Å². The molecule has 0 saturated heterocycles. The van der Waals surface area contributed by atoms with Crippen LogP contribution < -0.4 is 5.32 Å². The Morgan fingerprint density at radius 3 is 2.95 bits per heavy atom. The molecule has 0 aliphatic carbocycles. The lowest BCUT2D eigenvalue weighted by atomic mass is 10.1. The van der Waals surface area contributed by atoms with Crippen LogP contribution in [0.15, 0.2) is 30.5 Å². The minimum absolute atomic E-state index is 0.185. The van der Waals surface area contributed by atoms with Gasteiger partial charge in [-0.05, 0) is 36.9 Å². The van der Waals surface area contributed by atoms with Gasteiger partial charge in [0.1, 0.15) is 11.6 Å². The third-order valence-electron chi connectivity index (χ3n) is 2.97. The number of nitrogens with one attached hydrogen (secondary N) is 1. The molecule has 0 bridgehead atoms. The van der Waals surface area contributed by atoms with E-state index in [1.807, 2.05) is 19.1 Å². The van der Waals surface area contributed by atoms with Gasteiger partial charge in [0.15, 0.2) is 0 Å². The second-order valence-corrected chi connectivity index (χ2v) is 6.23. The number of anilines is 1. The smallest absolute Gasteiger partial charge is 0.134 e. The molecule has 1 aromatic heterocycles. The largest absolute Gasteiger partial charge is 0.508 e. The number of phenolic OH excluding ortho intramolecular Hbond substituents is 1. The maximum absolute atomic E-state index is 11.1. The lowest BCUT2D eigenvalue weighted by molar-refractivity contribution is 0.476. The number of fused-ring (bicyclic) bond motifs is 1. The van der Waals surface area contributed by atoms with Gasteiger partial charge < -0.3 is 10.4 Å². The van der Waals surface area contributed by atoms with Crippen LogP contribution in [0.1, 0.15) is 13.3 Å². The highest BCUT2D eigenvalue weighted by Gasteiger charge is 2.08. The van der Waals surface area contributed by atoms with Crippen LogP contribution in [0.3, 0.4) is 0 Å². The Hall–Kier alpha value is -1.62. The van der Waals surface area contributed by atoms with Crippen LogP contribution in [0.25, 0.3) is 10.8 Å². The van der Waals surface area contributed by atoms with Gasteiger partial charge >= 0.3 is 0 Å². The fourth-order valence-corrected chi connectivity index (χ4v) is 2.61. The average molecular weight is 278 g/mol. The van der Waals surface area contributed by atoms with Crippen molar-refractivity contribution in [1.82, 2.24) is 4.98 Å². The van der Waals surface area contributed by atoms with E-state index in [2.05, 4.69) is 10.3 Å². The summed E-state index contributed by atoms with van der Waals surface area (Å²) in [7, 11) is -0.775. The Labute approximate surface area is 115 Å². The molecule has 19 heavy (non-hydrogen) atoms. The second kappa shape index (κ2) is 6.02. The molecule has 5 heteroatoms. The van der Waals surface area contributed by atoms with Crippen LogP contribution in [0.5, 0.6) is 5.75 Å². The van der Waals surface area contributed by atoms with Gasteiger partial charge in [-0.1, -0.05) is 6.07 Å². The van der Waals surface area contributed by atoms with E-state index in [4.69, 9.17) is 0 Å². The monoisotopic (exact) mass is 278 g/mol. The molecule has 2 unspecified atom stereocenters. The molecule has 2 aromatic rings. The van der Waals surface area contributed by atoms with Gasteiger partial charge in [-0.2, -0.15) is 0 Å². The Morgan fingerprint density at radius 2 is 2.21 bits per heavy atom. The van der Waals surface area contributed by atoms with E-state index in [1.165, 1.54) is 0 Å². The molecular formula is C14H18N2O2S. The maximum Gasteiger partial charge on any atom is 0.134 e. The number of nitrogens with zero attached hydrogens (tertiary/aromatic N) is 1. The van der Waals surface area contributed by atoms with E-state index < -0.39 is 10.8 Å². The minimum Gasteiger partial charge on any atom is -0.508 e. The predicted octanol–water partition coefficient (Wildman–Crippen LogP) is 2.51. The molecule has 2 atom stereocenters. The highest BCUT2D eigenvalue weighted by Crippen LogP contribution is 2.25. The van der Waals surface area contributed by atoms with Crippen molar-refractivity contribution in [2.75, 3.05) is 17.3 Å². The number of aromatic nitrogens is 1. The van der Waals surface area contributed by atoms with Crippen LogP contribution >= 0.6 is 0 Å². The molecule has 4 nitrogen and oxygen atoms in total. The van der Waals surface area contributed by atoms with Crippen molar-refractivity contribution in [2.45, 2.75) is 19.4 Å². The number of benzene rings is 1. The van der Waals surface area contributed by atoms with Gasteiger partial charge in [0.2, 0.25) is 0 Å². The zero-order chi connectivity index (χ0) is 13.8. The normalized spacial score (nSPS) is 14.2.